The zero-order chi connectivity index (χ0) is 22.4. The highest BCUT2D eigenvalue weighted by Crippen LogP contribution is 2.44. The maximum atomic E-state index is 13.6. The minimum Gasteiger partial charge on any atom is -0.504 e. The second-order valence-corrected chi connectivity index (χ2v) is 7.95. The van der Waals surface area contributed by atoms with Gasteiger partial charge in [-0.25, -0.2) is 0 Å². The van der Waals surface area contributed by atoms with Gasteiger partial charge in [-0.2, -0.15) is 0 Å². The summed E-state index contributed by atoms with van der Waals surface area (Å²) >= 11 is 0. The van der Waals surface area contributed by atoms with Gasteiger partial charge < -0.3 is 9.84 Å². The topological polar surface area (TPSA) is 96.2 Å². The molecule has 8 heteroatoms. The van der Waals surface area contributed by atoms with Crippen LogP contribution in [0.25, 0.3) is 0 Å². The van der Waals surface area contributed by atoms with E-state index in [1.54, 1.807) is 29.2 Å². The number of anilines is 1. The number of benzene rings is 3. The van der Waals surface area contributed by atoms with E-state index in [0.717, 1.165) is 16.7 Å². The van der Waals surface area contributed by atoms with E-state index in [1.165, 1.54) is 19.2 Å². The van der Waals surface area contributed by atoms with E-state index in [4.69, 9.17) is 4.74 Å². The van der Waals surface area contributed by atoms with Gasteiger partial charge in [0.05, 0.1) is 18.1 Å². The molecule has 1 fully saturated rings. The van der Waals surface area contributed by atoms with Crippen molar-refractivity contribution in [3.05, 3.63) is 93.5 Å². The highest BCUT2D eigenvalue weighted by atomic mass is 16.6. The molecule has 2 heterocycles. The summed E-state index contributed by atoms with van der Waals surface area (Å²) in [5.41, 5.74) is 3.56. The molecule has 2 atom stereocenters. The van der Waals surface area contributed by atoms with Crippen LogP contribution in [0.4, 0.5) is 11.4 Å². The molecule has 0 aliphatic carbocycles. The third kappa shape index (κ3) is 3.16. The van der Waals surface area contributed by atoms with Crippen LogP contribution in [0.15, 0.2) is 66.7 Å². The van der Waals surface area contributed by atoms with E-state index in [9.17, 15) is 20.0 Å². The lowest BCUT2D eigenvalue weighted by Crippen LogP contribution is -2.39. The van der Waals surface area contributed by atoms with E-state index < -0.39 is 11.1 Å². The van der Waals surface area contributed by atoms with Crippen molar-refractivity contribution in [2.45, 2.75) is 25.2 Å². The van der Waals surface area contributed by atoms with E-state index in [-0.39, 0.29) is 23.4 Å². The normalized spacial score (nSPS) is 20.0. The van der Waals surface area contributed by atoms with E-state index >= 15 is 0 Å². The fraction of sp³-hybridized carbons (Fsp3) is 0.208. The van der Waals surface area contributed by atoms with Gasteiger partial charge in [0, 0.05) is 24.4 Å². The predicted octanol–water partition coefficient (Wildman–Crippen LogP) is 3.78. The molecule has 2 aliphatic heterocycles. The average molecular weight is 431 g/mol. The Kier molecular flexibility index (Phi) is 4.79. The summed E-state index contributed by atoms with van der Waals surface area (Å²) in [6, 6.07) is 18.8. The molecule has 1 unspecified atom stereocenters. The van der Waals surface area contributed by atoms with Gasteiger partial charge in [-0.3, -0.25) is 24.7 Å². The molecule has 1 saturated heterocycles. The number of rotatable bonds is 4. The first-order chi connectivity index (χ1) is 15.5. The number of hydrogen-bond acceptors (Lipinski definition) is 6. The fourth-order valence-corrected chi connectivity index (χ4v) is 4.67. The maximum absolute atomic E-state index is 13.6. The Morgan fingerprint density at radius 1 is 1.06 bits per heavy atom. The van der Waals surface area contributed by atoms with Crippen molar-refractivity contribution < 1.29 is 19.6 Å². The Morgan fingerprint density at radius 2 is 1.78 bits per heavy atom. The number of nitrogens with zero attached hydrogens (tertiary/aromatic N) is 3. The first-order valence-corrected chi connectivity index (χ1v) is 10.2. The minimum atomic E-state index is -0.473. The molecule has 32 heavy (non-hydrogen) atoms. The third-order valence-corrected chi connectivity index (χ3v) is 6.21. The van der Waals surface area contributed by atoms with Gasteiger partial charge in [-0.1, -0.05) is 30.3 Å². The van der Waals surface area contributed by atoms with Crippen LogP contribution in [-0.2, 0) is 17.8 Å². The molecule has 1 N–H and O–H groups in total. The standard InChI is InChI=1S/C24H21N3O5/c1-32-22-11-6-16(13-21(22)28)23-25-14-17-5-3-2-4-15(17)12-20(25)24(29)26(23)18-7-9-19(10-8-18)27(30)31/h2-11,13,20,23,28H,12,14H2,1H3/t20-,23?/m0/s1. The van der Waals surface area contributed by atoms with Gasteiger partial charge in [0.15, 0.2) is 11.5 Å². The molecule has 1 amide bonds. The van der Waals surface area contributed by atoms with Crippen LogP contribution in [0.2, 0.25) is 0 Å². The van der Waals surface area contributed by atoms with Crippen LogP contribution in [0, 0.1) is 10.1 Å². The van der Waals surface area contributed by atoms with E-state index in [0.29, 0.717) is 24.4 Å². The van der Waals surface area contributed by atoms with E-state index in [1.807, 2.05) is 24.3 Å². The molecule has 162 valence electrons. The summed E-state index contributed by atoms with van der Waals surface area (Å²) in [5, 5.41) is 21.5. The van der Waals surface area contributed by atoms with Crippen LogP contribution < -0.4 is 9.64 Å². The summed E-state index contributed by atoms with van der Waals surface area (Å²) in [6.45, 7) is 0.577. The van der Waals surface area contributed by atoms with Crippen molar-refractivity contribution in [3.8, 4) is 11.5 Å². The lowest BCUT2D eigenvalue weighted by atomic mass is 9.94. The number of fused-ring (bicyclic) bond motifs is 2. The Labute approximate surface area is 184 Å². The summed E-state index contributed by atoms with van der Waals surface area (Å²) < 4.78 is 5.18. The van der Waals surface area contributed by atoms with E-state index in [2.05, 4.69) is 11.0 Å². The first-order valence-electron chi connectivity index (χ1n) is 10.2. The molecule has 8 nitrogen and oxygen atoms in total. The SMILES string of the molecule is COc1ccc(C2N(c3ccc([N+](=O)[O-])cc3)C(=O)[C@@H]3Cc4ccccc4CN23)cc1O. The van der Waals surface area contributed by atoms with Gasteiger partial charge in [0.25, 0.3) is 5.69 Å². The second kappa shape index (κ2) is 7.65. The largest absolute Gasteiger partial charge is 0.504 e. The number of ether oxygens (including phenoxy) is 1. The van der Waals surface area contributed by atoms with Gasteiger partial charge in [0.1, 0.15) is 6.17 Å². The first kappa shape index (κ1) is 20.0. The number of amides is 1. The summed E-state index contributed by atoms with van der Waals surface area (Å²) in [6.07, 6.45) is 0.107. The molecule has 0 bridgehead atoms. The summed E-state index contributed by atoms with van der Waals surface area (Å²) in [5.74, 6) is 0.260. The molecule has 5 rings (SSSR count). The van der Waals surface area contributed by atoms with Crippen molar-refractivity contribution >= 4 is 17.3 Å². The zero-order valence-electron chi connectivity index (χ0n) is 17.3. The van der Waals surface area contributed by atoms with Crippen molar-refractivity contribution in [1.29, 1.82) is 0 Å². The van der Waals surface area contributed by atoms with Gasteiger partial charge in [-0.05, 0) is 47.4 Å². The molecule has 3 aromatic rings. The Bertz CT molecular complexity index is 1210. The second-order valence-electron chi connectivity index (χ2n) is 7.95. The van der Waals surface area contributed by atoms with Crippen LogP contribution in [-0.4, -0.2) is 34.0 Å². The molecule has 0 spiro atoms. The van der Waals surface area contributed by atoms with Gasteiger partial charge in [0.2, 0.25) is 5.91 Å². The number of nitro benzene ring substituents is 1. The number of non-ortho nitro benzene ring substituents is 1. The summed E-state index contributed by atoms with van der Waals surface area (Å²) in [4.78, 5) is 28.0. The highest BCUT2D eigenvalue weighted by molar-refractivity contribution is 6.00. The Morgan fingerprint density at radius 3 is 2.44 bits per heavy atom. The molecule has 0 aromatic heterocycles. The zero-order valence-corrected chi connectivity index (χ0v) is 17.3. The summed E-state index contributed by atoms with van der Waals surface area (Å²) in [7, 11) is 1.48. The monoisotopic (exact) mass is 431 g/mol. The van der Waals surface area contributed by atoms with Crippen molar-refractivity contribution in [2.75, 3.05) is 12.0 Å². The van der Waals surface area contributed by atoms with Crippen molar-refractivity contribution in [3.63, 3.8) is 0 Å². The molecular formula is C24H21N3O5. The van der Waals surface area contributed by atoms with Crippen LogP contribution >= 0.6 is 0 Å². The number of carbonyl (C=O) groups excluding carboxylic acids is 1. The van der Waals surface area contributed by atoms with Crippen LogP contribution in [0.5, 0.6) is 11.5 Å². The molecule has 3 aromatic carbocycles. The predicted molar refractivity (Wildman–Crippen MR) is 117 cm³/mol. The lowest BCUT2D eigenvalue weighted by molar-refractivity contribution is -0.384. The Balaban J connectivity index is 1.62. The smallest absolute Gasteiger partial charge is 0.269 e. The fourth-order valence-electron chi connectivity index (χ4n) is 4.67. The quantitative estimate of drug-likeness (QED) is 0.499. The van der Waals surface area contributed by atoms with Crippen molar-refractivity contribution in [1.82, 2.24) is 4.90 Å². The van der Waals surface area contributed by atoms with Crippen molar-refractivity contribution in [2.24, 2.45) is 0 Å². The van der Waals surface area contributed by atoms with Gasteiger partial charge in [-0.15, -0.1) is 0 Å². The number of carbonyl (C=O) groups is 1. The third-order valence-electron chi connectivity index (χ3n) is 6.21. The number of nitro groups is 1. The molecule has 2 aliphatic rings. The molecule has 0 saturated carbocycles. The minimum absolute atomic E-state index is 0.0121. The molecule has 0 radical (unpaired) electrons. The molecular weight excluding hydrogens is 410 g/mol. The number of methoxy groups -OCH3 is 1. The number of aromatic hydroxyl groups is 1. The Hall–Kier alpha value is -3.91. The average Bonchev–Trinajstić information content (AvgIpc) is 3.09. The number of hydrogen-bond donors (Lipinski definition) is 1. The van der Waals surface area contributed by atoms with Gasteiger partial charge >= 0.3 is 0 Å². The van der Waals surface area contributed by atoms with Crippen LogP contribution in [0.3, 0.4) is 0 Å². The van der Waals surface area contributed by atoms with Crippen LogP contribution in [0.1, 0.15) is 22.9 Å². The maximum Gasteiger partial charge on any atom is 0.269 e. The highest BCUT2D eigenvalue weighted by Gasteiger charge is 2.49. The lowest BCUT2D eigenvalue weighted by Gasteiger charge is -2.35. The number of phenolic OH excluding ortho intramolecular Hbond substituents is 1. The number of phenols is 1.